The van der Waals surface area contributed by atoms with E-state index < -0.39 is 6.10 Å². The molecule has 2 aliphatic rings. The van der Waals surface area contributed by atoms with Crippen molar-refractivity contribution in [3.63, 3.8) is 0 Å². The molecule has 21 heavy (non-hydrogen) atoms. The number of hydrogen-bond acceptors (Lipinski definition) is 3. The van der Waals surface area contributed by atoms with Crippen molar-refractivity contribution < 1.29 is 5.11 Å². The lowest BCUT2D eigenvalue weighted by Crippen LogP contribution is -2.30. The molecule has 0 amide bonds. The van der Waals surface area contributed by atoms with Crippen LogP contribution in [-0.4, -0.2) is 42.2 Å². The molecule has 1 saturated carbocycles. The van der Waals surface area contributed by atoms with Crippen LogP contribution in [0.4, 0.5) is 0 Å². The summed E-state index contributed by atoms with van der Waals surface area (Å²) in [6.07, 6.45) is 3.41. The molecule has 2 unspecified atom stereocenters. The zero-order valence-electron chi connectivity index (χ0n) is 12.1. The number of rotatable bonds is 6. The van der Waals surface area contributed by atoms with Gasteiger partial charge in [0.15, 0.2) is 0 Å². The fraction of sp³-hybridized carbons (Fsp3) is 0.625. The first-order valence-corrected chi connectivity index (χ1v) is 8.47. The maximum absolute atomic E-state index is 10.2. The molecule has 0 spiro atoms. The van der Waals surface area contributed by atoms with E-state index in [1.807, 2.05) is 0 Å². The summed E-state index contributed by atoms with van der Waals surface area (Å²) in [5.41, 5.74) is 0.697. The van der Waals surface area contributed by atoms with Crippen molar-refractivity contribution >= 4 is 23.2 Å². The number of aliphatic hydroxyl groups excluding tert-OH is 1. The quantitative estimate of drug-likeness (QED) is 0.842. The van der Waals surface area contributed by atoms with E-state index >= 15 is 0 Å². The van der Waals surface area contributed by atoms with E-state index in [1.54, 1.807) is 18.2 Å². The lowest BCUT2D eigenvalue weighted by molar-refractivity contribution is 0.172. The van der Waals surface area contributed by atoms with E-state index in [0.717, 1.165) is 12.6 Å². The summed E-state index contributed by atoms with van der Waals surface area (Å²) < 4.78 is 0. The van der Waals surface area contributed by atoms with Gasteiger partial charge in [-0.15, -0.1) is 0 Å². The van der Waals surface area contributed by atoms with Crippen molar-refractivity contribution in [3.8, 4) is 0 Å². The Morgan fingerprint density at radius 3 is 2.86 bits per heavy atom. The van der Waals surface area contributed by atoms with Crippen LogP contribution in [0.15, 0.2) is 18.2 Å². The molecule has 1 aromatic carbocycles. The standard InChI is InChI=1S/C16H22Cl2N2O/c17-12-1-4-15(18)14(7-12)16(21)9-19-8-11-5-6-20(10-11)13-2-3-13/h1,4,7,11,13,16,19,21H,2-3,5-6,8-10H2. The maximum Gasteiger partial charge on any atom is 0.0929 e. The van der Waals surface area contributed by atoms with Crippen LogP contribution in [0.2, 0.25) is 10.0 Å². The van der Waals surface area contributed by atoms with Gasteiger partial charge in [0.1, 0.15) is 0 Å². The van der Waals surface area contributed by atoms with Crippen LogP contribution in [0.3, 0.4) is 0 Å². The molecule has 2 fully saturated rings. The highest BCUT2D eigenvalue weighted by atomic mass is 35.5. The minimum absolute atomic E-state index is 0.514. The molecule has 1 aliphatic carbocycles. The van der Waals surface area contributed by atoms with Crippen LogP contribution >= 0.6 is 23.2 Å². The summed E-state index contributed by atoms with van der Waals surface area (Å²) in [4.78, 5) is 2.61. The molecule has 0 aromatic heterocycles. The van der Waals surface area contributed by atoms with Crippen molar-refractivity contribution in [2.75, 3.05) is 26.2 Å². The van der Waals surface area contributed by atoms with Crippen molar-refractivity contribution in [1.29, 1.82) is 0 Å². The van der Waals surface area contributed by atoms with Crippen molar-refractivity contribution in [1.82, 2.24) is 10.2 Å². The van der Waals surface area contributed by atoms with Crippen molar-refractivity contribution in [3.05, 3.63) is 33.8 Å². The van der Waals surface area contributed by atoms with Crippen LogP contribution in [0, 0.1) is 5.92 Å². The Kier molecular flexibility index (Phi) is 5.07. The summed E-state index contributed by atoms with van der Waals surface area (Å²) in [6.45, 7) is 3.91. The van der Waals surface area contributed by atoms with Gasteiger partial charge in [0.05, 0.1) is 6.10 Å². The van der Waals surface area contributed by atoms with Crippen LogP contribution in [0.25, 0.3) is 0 Å². The SMILES string of the molecule is OC(CNCC1CCN(C2CC2)C1)c1cc(Cl)ccc1Cl. The number of benzene rings is 1. The van der Waals surface area contributed by atoms with E-state index in [2.05, 4.69) is 10.2 Å². The second-order valence-electron chi connectivity index (χ2n) is 6.22. The van der Waals surface area contributed by atoms with Gasteiger partial charge in [-0.2, -0.15) is 0 Å². The Morgan fingerprint density at radius 2 is 2.10 bits per heavy atom. The first-order chi connectivity index (χ1) is 10.1. The lowest BCUT2D eigenvalue weighted by Gasteiger charge is -2.17. The molecule has 1 aliphatic heterocycles. The molecule has 0 bridgehead atoms. The summed E-state index contributed by atoms with van der Waals surface area (Å²) in [7, 11) is 0. The van der Waals surface area contributed by atoms with E-state index in [1.165, 1.54) is 32.4 Å². The van der Waals surface area contributed by atoms with Crippen LogP contribution in [0.1, 0.15) is 30.9 Å². The molecule has 5 heteroatoms. The molecule has 2 N–H and O–H groups in total. The van der Waals surface area contributed by atoms with E-state index in [0.29, 0.717) is 28.1 Å². The zero-order valence-corrected chi connectivity index (χ0v) is 13.6. The second kappa shape index (κ2) is 6.84. The minimum Gasteiger partial charge on any atom is -0.387 e. The number of hydrogen-bond donors (Lipinski definition) is 2. The molecular formula is C16H22Cl2N2O. The number of nitrogens with zero attached hydrogens (tertiary/aromatic N) is 1. The predicted molar refractivity (Wildman–Crippen MR) is 87.0 cm³/mol. The van der Waals surface area contributed by atoms with Crippen molar-refractivity contribution in [2.24, 2.45) is 5.92 Å². The highest BCUT2D eigenvalue weighted by Gasteiger charge is 2.34. The Hall–Kier alpha value is -0.320. The molecule has 1 heterocycles. The Morgan fingerprint density at radius 1 is 1.29 bits per heavy atom. The van der Waals surface area contributed by atoms with Gasteiger partial charge in [-0.1, -0.05) is 23.2 Å². The second-order valence-corrected chi connectivity index (χ2v) is 7.06. The molecule has 3 rings (SSSR count). The van der Waals surface area contributed by atoms with Crippen molar-refractivity contribution in [2.45, 2.75) is 31.4 Å². The predicted octanol–water partition coefficient (Wildman–Crippen LogP) is 3.10. The van der Waals surface area contributed by atoms with Gasteiger partial charge in [-0.25, -0.2) is 0 Å². The highest BCUT2D eigenvalue weighted by molar-refractivity contribution is 6.33. The fourth-order valence-corrected chi connectivity index (χ4v) is 3.53. The van der Waals surface area contributed by atoms with Crippen LogP contribution < -0.4 is 5.32 Å². The third-order valence-corrected chi connectivity index (χ3v) is 5.05. The molecule has 0 radical (unpaired) electrons. The number of likely N-dealkylation sites (tertiary alicyclic amines) is 1. The fourth-order valence-electron chi connectivity index (χ4n) is 3.10. The summed E-state index contributed by atoms with van der Waals surface area (Å²) >= 11 is 12.1. The van der Waals surface area contributed by atoms with Gasteiger partial charge in [-0.3, -0.25) is 0 Å². The molecule has 3 nitrogen and oxygen atoms in total. The number of nitrogens with one attached hydrogen (secondary N) is 1. The lowest BCUT2D eigenvalue weighted by atomic mass is 10.1. The molecule has 116 valence electrons. The smallest absolute Gasteiger partial charge is 0.0929 e. The van der Waals surface area contributed by atoms with E-state index in [9.17, 15) is 5.11 Å². The number of halogens is 2. The number of aliphatic hydroxyl groups is 1. The van der Waals surface area contributed by atoms with Gasteiger partial charge in [0.2, 0.25) is 0 Å². The average molecular weight is 329 g/mol. The van der Waals surface area contributed by atoms with E-state index in [4.69, 9.17) is 23.2 Å². The summed E-state index contributed by atoms with van der Waals surface area (Å²) in [6, 6.07) is 6.07. The monoisotopic (exact) mass is 328 g/mol. The third kappa shape index (κ3) is 4.11. The van der Waals surface area contributed by atoms with Gasteiger partial charge in [0.25, 0.3) is 0 Å². The largest absolute Gasteiger partial charge is 0.387 e. The normalized spacial score (nSPS) is 24.4. The highest BCUT2D eigenvalue weighted by Crippen LogP contribution is 2.31. The Labute approximate surface area is 136 Å². The molecule has 2 atom stereocenters. The minimum atomic E-state index is -0.614. The molecular weight excluding hydrogens is 307 g/mol. The Bertz CT molecular complexity index is 493. The summed E-state index contributed by atoms with van der Waals surface area (Å²) in [5.74, 6) is 0.702. The van der Waals surface area contributed by atoms with Crippen LogP contribution in [0.5, 0.6) is 0 Å². The van der Waals surface area contributed by atoms with Gasteiger partial charge >= 0.3 is 0 Å². The van der Waals surface area contributed by atoms with Crippen LogP contribution in [-0.2, 0) is 0 Å². The molecule has 1 saturated heterocycles. The van der Waals surface area contributed by atoms with Gasteiger partial charge < -0.3 is 15.3 Å². The Balaban J connectivity index is 1.43. The van der Waals surface area contributed by atoms with Gasteiger partial charge in [-0.05, 0) is 56.5 Å². The molecule has 1 aromatic rings. The first kappa shape index (κ1) is 15.6. The first-order valence-electron chi connectivity index (χ1n) is 7.71. The van der Waals surface area contributed by atoms with E-state index in [-0.39, 0.29) is 0 Å². The average Bonchev–Trinajstić information content (AvgIpc) is 3.21. The zero-order chi connectivity index (χ0) is 14.8. The summed E-state index contributed by atoms with van der Waals surface area (Å²) in [5, 5.41) is 14.8. The van der Waals surface area contributed by atoms with Gasteiger partial charge in [0, 0.05) is 34.7 Å². The topological polar surface area (TPSA) is 35.5 Å². The maximum atomic E-state index is 10.2. The third-order valence-electron chi connectivity index (χ3n) is 4.47.